The van der Waals surface area contributed by atoms with Gasteiger partial charge in [-0.25, -0.2) is 0 Å². The number of rotatable bonds is 10. The van der Waals surface area contributed by atoms with Crippen LogP contribution in [0.25, 0.3) is 5.57 Å². The van der Waals surface area contributed by atoms with Crippen LogP contribution in [0.5, 0.6) is 5.75 Å². The van der Waals surface area contributed by atoms with Gasteiger partial charge in [0.1, 0.15) is 12.3 Å². The Bertz CT molecular complexity index is 879. The van der Waals surface area contributed by atoms with Crippen LogP contribution in [0.1, 0.15) is 22.4 Å². The van der Waals surface area contributed by atoms with Crippen LogP contribution in [0.15, 0.2) is 79.5 Å². The van der Waals surface area contributed by atoms with Gasteiger partial charge in [0.2, 0.25) is 0 Å². The fourth-order valence-corrected chi connectivity index (χ4v) is 2.84. The van der Waals surface area contributed by atoms with E-state index in [4.69, 9.17) is 14.2 Å². The molecule has 3 rings (SSSR count). The number of ether oxygens (including phenoxy) is 3. The molecule has 144 valence electrons. The SMILES string of the molecule is C=C(COCc1ccccc1)c1ccnc(COC)c1OCc1ccccc1. The zero-order valence-electron chi connectivity index (χ0n) is 16.1. The number of hydrogen-bond acceptors (Lipinski definition) is 4. The van der Waals surface area contributed by atoms with Crippen molar-refractivity contribution in [1.82, 2.24) is 4.98 Å². The van der Waals surface area contributed by atoms with Crippen LogP contribution in [0.3, 0.4) is 0 Å². The molecule has 0 N–H and O–H groups in total. The fourth-order valence-electron chi connectivity index (χ4n) is 2.84. The molecule has 0 atom stereocenters. The van der Waals surface area contributed by atoms with Crippen molar-refractivity contribution in [3.8, 4) is 5.75 Å². The van der Waals surface area contributed by atoms with Crippen LogP contribution in [0.4, 0.5) is 0 Å². The minimum Gasteiger partial charge on any atom is -0.486 e. The molecule has 0 amide bonds. The summed E-state index contributed by atoms with van der Waals surface area (Å²) in [5, 5.41) is 0. The van der Waals surface area contributed by atoms with Crippen molar-refractivity contribution in [2.75, 3.05) is 13.7 Å². The largest absolute Gasteiger partial charge is 0.486 e. The lowest BCUT2D eigenvalue weighted by molar-refractivity contribution is 0.153. The molecule has 28 heavy (non-hydrogen) atoms. The quantitative estimate of drug-likeness (QED) is 0.498. The summed E-state index contributed by atoms with van der Waals surface area (Å²) < 4.78 is 17.3. The van der Waals surface area contributed by atoms with Gasteiger partial charge in [-0.05, 0) is 22.8 Å². The van der Waals surface area contributed by atoms with Crippen molar-refractivity contribution in [1.29, 1.82) is 0 Å². The first-order chi connectivity index (χ1) is 13.8. The molecule has 0 fully saturated rings. The Morgan fingerprint density at radius 1 is 0.857 bits per heavy atom. The van der Waals surface area contributed by atoms with E-state index in [-0.39, 0.29) is 0 Å². The Morgan fingerprint density at radius 3 is 2.14 bits per heavy atom. The van der Waals surface area contributed by atoms with E-state index in [0.29, 0.717) is 32.2 Å². The van der Waals surface area contributed by atoms with Crippen molar-refractivity contribution < 1.29 is 14.2 Å². The first-order valence-electron chi connectivity index (χ1n) is 9.21. The van der Waals surface area contributed by atoms with E-state index in [1.165, 1.54) is 0 Å². The Morgan fingerprint density at radius 2 is 1.50 bits per heavy atom. The van der Waals surface area contributed by atoms with E-state index in [2.05, 4.69) is 11.6 Å². The highest BCUT2D eigenvalue weighted by Gasteiger charge is 2.14. The van der Waals surface area contributed by atoms with Gasteiger partial charge in [-0.15, -0.1) is 0 Å². The molecule has 0 unspecified atom stereocenters. The van der Waals surface area contributed by atoms with Crippen molar-refractivity contribution in [2.24, 2.45) is 0 Å². The summed E-state index contributed by atoms with van der Waals surface area (Å²) in [5.74, 6) is 0.696. The van der Waals surface area contributed by atoms with E-state index in [1.54, 1.807) is 13.3 Å². The molecule has 0 radical (unpaired) electrons. The molecule has 1 aromatic heterocycles. The number of aromatic nitrogens is 1. The lowest BCUT2D eigenvalue weighted by Crippen LogP contribution is -2.06. The van der Waals surface area contributed by atoms with Gasteiger partial charge in [0.05, 0.1) is 19.8 Å². The summed E-state index contributed by atoms with van der Waals surface area (Å²) in [5.41, 5.74) is 4.71. The highest BCUT2D eigenvalue weighted by atomic mass is 16.5. The Labute approximate surface area is 166 Å². The second kappa shape index (κ2) is 10.4. The molecule has 0 saturated heterocycles. The summed E-state index contributed by atoms with van der Waals surface area (Å²) >= 11 is 0. The maximum atomic E-state index is 6.13. The Balaban J connectivity index is 1.71. The van der Waals surface area contributed by atoms with Gasteiger partial charge in [0.15, 0.2) is 5.75 Å². The molecule has 0 spiro atoms. The summed E-state index contributed by atoms with van der Waals surface area (Å²) in [6.07, 6.45) is 1.75. The second-order valence-electron chi connectivity index (χ2n) is 6.42. The van der Waals surface area contributed by atoms with Crippen LogP contribution in [0.2, 0.25) is 0 Å². The zero-order chi connectivity index (χ0) is 19.6. The van der Waals surface area contributed by atoms with E-state index in [9.17, 15) is 0 Å². The molecule has 0 aliphatic heterocycles. The van der Waals surface area contributed by atoms with Gasteiger partial charge in [0, 0.05) is 18.9 Å². The Kier molecular flexibility index (Phi) is 7.36. The third kappa shape index (κ3) is 5.52. The van der Waals surface area contributed by atoms with Gasteiger partial charge >= 0.3 is 0 Å². The standard InChI is InChI=1S/C24H25NO3/c1-19(15-27-16-20-9-5-3-6-10-20)22-13-14-25-23(18-26-2)24(22)28-17-21-11-7-4-8-12-21/h3-14H,1,15-18H2,2H3. The zero-order valence-corrected chi connectivity index (χ0v) is 16.1. The molecule has 3 aromatic rings. The van der Waals surface area contributed by atoms with Gasteiger partial charge in [0.25, 0.3) is 0 Å². The number of nitrogens with zero attached hydrogens (tertiary/aromatic N) is 1. The van der Waals surface area contributed by atoms with Crippen molar-refractivity contribution >= 4 is 5.57 Å². The maximum absolute atomic E-state index is 6.13. The summed E-state index contributed by atoms with van der Waals surface area (Å²) in [4.78, 5) is 4.42. The molecule has 0 aliphatic carbocycles. The van der Waals surface area contributed by atoms with Gasteiger partial charge in [-0.1, -0.05) is 67.2 Å². The van der Waals surface area contributed by atoms with Crippen LogP contribution in [-0.4, -0.2) is 18.7 Å². The minimum absolute atomic E-state index is 0.371. The first-order valence-corrected chi connectivity index (χ1v) is 9.21. The van der Waals surface area contributed by atoms with E-state index >= 15 is 0 Å². The van der Waals surface area contributed by atoms with Crippen molar-refractivity contribution in [3.05, 3.63) is 102 Å². The molecule has 0 saturated carbocycles. The first kappa shape index (κ1) is 19.8. The number of benzene rings is 2. The highest BCUT2D eigenvalue weighted by molar-refractivity contribution is 5.70. The molecule has 4 heteroatoms. The third-order valence-corrected chi connectivity index (χ3v) is 4.25. The predicted octanol–water partition coefficient (Wildman–Crippen LogP) is 5.04. The molecule has 4 nitrogen and oxygen atoms in total. The third-order valence-electron chi connectivity index (χ3n) is 4.25. The number of methoxy groups -OCH3 is 1. The second-order valence-corrected chi connectivity index (χ2v) is 6.42. The average Bonchev–Trinajstić information content (AvgIpc) is 2.74. The molecule has 0 bridgehead atoms. The van der Waals surface area contributed by atoms with E-state index in [0.717, 1.165) is 28.0 Å². The lowest BCUT2D eigenvalue weighted by atomic mass is 10.1. The van der Waals surface area contributed by atoms with Gasteiger partial charge in [-0.2, -0.15) is 0 Å². The summed E-state index contributed by atoms with van der Waals surface area (Å²) in [6.45, 7) is 5.97. The fraction of sp³-hybridized carbons (Fsp3) is 0.208. The Hall–Kier alpha value is -2.95. The van der Waals surface area contributed by atoms with Crippen molar-refractivity contribution in [3.63, 3.8) is 0 Å². The number of pyridine rings is 1. The number of hydrogen-bond donors (Lipinski definition) is 0. The highest BCUT2D eigenvalue weighted by Crippen LogP contribution is 2.29. The maximum Gasteiger partial charge on any atom is 0.151 e. The van der Waals surface area contributed by atoms with Crippen LogP contribution in [-0.2, 0) is 29.3 Å². The topological polar surface area (TPSA) is 40.6 Å². The molecular weight excluding hydrogens is 350 g/mol. The monoisotopic (exact) mass is 375 g/mol. The average molecular weight is 375 g/mol. The van der Waals surface area contributed by atoms with Crippen LogP contribution >= 0.6 is 0 Å². The summed E-state index contributed by atoms with van der Waals surface area (Å²) in [7, 11) is 1.65. The normalized spacial score (nSPS) is 10.6. The summed E-state index contributed by atoms with van der Waals surface area (Å²) in [6, 6.07) is 22.0. The van der Waals surface area contributed by atoms with Crippen LogP contribution < -0.4 is 4.74 Å². The smallest absolute Gasteiger partial charge is 0.151 e. The lowest BCUT2D eigenvalue weighted by Gasteiger charge is -2.17. The van der Waals surface area contributed by atoms with Crippen molar-refractivity contribution in [2.45, 2.75) is 19.8 Å². The molecule has 2 aromatic carbocycles. The molecule has 1 heterocycles. The van der Waals surface area contributed by atoms with E-state index in [1.807, 2.05) is 66.7 Å². The molecular formula is C24H25NO3. The van der Waals surface area contributed by atoms with E-state index < -0.39 is 0 Å². The minimum atomic E-state index is 0.371. The van der Waals surface area contributed by atoms with Crippen LogP contribution in [0, 0.1) is 0 Å². The van der Waals surface area contributed by atoms with Gasteiger partial charge in [-0.3, -0.25) is 4.98 Å². The van der Waals surface area contributed by atoms with Gasteiger partial charge < -0.3 is 14.2 Å². The molecule has 0 aliphatic rings. The predicted molar refractivity (Wildman–Crippen MR) is 111 cm³/mol.